The Bertz CT molecular complexity index is 392. The monoisotopic (exact) mass is 224 g/mol. The number of pyridine rings is 1. The van der Waals surface area contributed by atoms with Crippen molar-refractivity contribution in [2.75, 3.05) is 24.3 Å². The van der Waals surface area contributed by atoms with Crippen LogP contribution in [0.3, 0.4) is 0 Å². The van der Waals surface area contributed by atoms with Gasteiger partial charge in [-0.1, -0.05) is 0 Å². The molecule has 0 atom stereocenters. The first-order valence-electron chi connectivity index (χ1n) is 5.02. The number of nitrogens with one attached hydrogen (secondary N) is 1. The van der Waals surface area contributed by atoms with E-state index in [1.165, 1.54) is 12.1 Å². The van der Waals surface area contributed by atoms with E-state index in [2.05, 4.69) is 10.3 Å². The molecule has 0 aliphatic carbocycles. The SMILES string of the molecule is CNc1cc([N+](=O)[O-])cc(N(C)C(C)C)n1. The summed E-state index contributed by atoms with van der Waals surface area (Å²) >= 11 is 0. The zero-order valence-corrected chi connectivity index (χ0v) is 9.89. The van der Waals surface area contributed by atoms with E-state index in [0.717, 1.165) is 0 Å². The first-order valence-corrected chi connectivity index (χ1v) is 5.02. The second-order valence-electron chi connectivity index (χ2n) is 3.78. The summed E-state index contributed by atoms with van der Waals surface area (Å²) in [5.41, 5.74) is 0.0434. The van der Waals surface area contributed by atoms with Gasteiger partial charge in [0.15, 0.2) is 0 Å². The predicted octanol–water partition coefficient (Wildman–Crippen LogP) is 1.88. The lowest BCUT2D eigenvalue weighted by atomic mass is 10.3. The molecule has 0 aliphatic heterocycles. The molecule has 6 nitrogen and oxygen atoms in total. The highest BCUT2D eigenvalue weighted by molar-refractivity contribution is 5.55. The lowest BCUT2D eigenvalue weighted by Crippen LogP contribution is -2.26. The number of nitrogens with zero attached hydrogens (tertiary/aromatic N) is 3. The smallest absolute Gasteiger partial charge is 0.276 e. The summed E-state index contributed by atoms with van der Waals surface area (Å²) in [4.78, 5) is 16.5. The Hall–Kier alpha value is -1.85. The van der Waals surface area contributed by atoms with E-state index in [1.807, 2.05) is 25.8 Å². The fourth-order valence-electron chi connectivity index (χ4n) is 1.18. The summed E-state index contributed by atoms with van der Waals surface area (Å²) < 4.78 is 0. The maximum Gasteiger partial charge on any atom is 0.276 e. The van der Waals surface area contributed by atoms with E-state index in [9.17, 15) is 10.1 Å². The van der Waals surface area contributed by atoms with E-state index in [-0.39, 0.29) is 11.7 Å². The van der Waals surface area contributed by atoms with Crippen LogP contribution in [0.25, 0.3) is 0 Å². The first-order chi connectivity index (χ1) is 7.45. The highest BCUT2D eigenvalue weighted by atomic mass is 16.6. The molecule has 0 saturated carbocycles. The molecule has 88 valence electrons. The minimum absolute atomic E-state index is 0.0434. The molecule has 0 saturated heterocycles. The molecule has 0 spiro atoms. The van der Waals surface area contributed by atoms with Gasteiger partial charge < -0.3 is 10.2 Å². The molecule has 0 amide bonds. The number of hydrogen-bond acceptors (Lipinski definition) is 5. The van der Waals surface area contributed by atoms with Gasteiger partial charge in [0, 0.05) is 20.1 Å². The van der Waals surface area contributed by atoms with Crippen molar-refractivity contribution >= 4 is 17.3 Å². The van der Waals surface area contributed by atoms with Crippen LogP contribution in [0.1, 0.15) is 13.8 Å². The zero-order chi connectivity index (χ0) is 12.3. The molecule has 0 bridgehead atoms. The van der Waals surface area contributed by atoms with E-state index >= 15 is 0 Å². The van der Waals surface area contributed by atoms with Gasteiger partial charge in [-0.05, 0) is 13.8 Å². The lowest BCUT2D eigenvalue weighted by molar-refractivity contribution is -0.384. The van der Waals surface area contributed by atoms with Crippen molar-refractivity contribution in [1.29, 1.82) is 0 Å². The molecule has 0 aliphatic rings. The summed E-state index contributed by atoms with van der Waals surface area (Å²) in [5.74, 6) is 1.09. The van der Waals surface area contributed by atoms with Crippen LogP contribution in [0.2, 0.25) is 0 Å². The van der Waals surface area contributed by atoms with Crippen LogP contribution in [0, 0.1) is 10.1 Å². The number of hydrogen-bond donors (Lipinski definition) is 1. The van der Waals surface area contributed by atoms with Crippen LogP contribution in [0.15, 0.2) is 12.1 Å². The summed E-state index contributed by atoms with van der Waals surface area (Å²) in [5, 5.41) is 13.6. The van der Waals surface area contributed by atoms with Crippen LogP contribution in [0.5, 0.6) is 0 Å². The van der Waals surface area contributed by atoms with Crippen molar-refractivity contribution < 1.29 is 4.92 Å². The van der Waals surface area contributed by atoms with Gasteiger partial charge in [0.05, 0.1) is 17.1 Å². The van der Waals surface area contributed by atoms with Crippen LogP contribution in [0.4, 0.5) is 17.3 Å². The average molecular weight is 224 g/mol. The molecular formula is C10H16N4O2. The Morgan fingerprint density at radius 3 is 2.56 bits per heavy atom. The molecule has 1 N–H and O–H groups in total. The third kappa shape index (κ3) is 2.59. The molecule has 1 heterocycles. The zero-order valence-electron chi connectivity index (χ0n) is 9.89. The Labute approximate surface area is 94.4 Å². The maximum atomic E-state index is 10.7. The molecule has 0 unspecified atom stereocenters. The molecule has 0 fully saturated rings. The summed E-state index contributed by atoms with van der Waals surface area (Å²) in [7, 11) is 3.54. The van der Waals surface area contributed by atoms with E-state index < -0.39 is 4.92 Å². The number of anilines is 2. The molecular weight excluding hydrogens is 208 g/mol. The fraction of sp³-hybridized carbons (Fsp3) is 0.500. The molecule has 1 aromatic rings. The van der Waals surface area contributed by atoms with Crippen LogP contribution < -0.4 is 10.2 Å². The Morgan fingerprint density at radius 1 is 1.50 bits per heavy atom. The van der Waals surface area contributed by atoms with Crippen molar-refractivity contribution in [3.63, 3.8) is 0 Å². The normalized spacial score (nSPS) is 10.3. The highest BCUT2D eigenvalue weighted by Crippen LogP contribution is 2.23. The van der Waals surface area contributed by atoms with E-state index in [4.69, 9.17) is 0 Å². The maximum absolute atomic E-state index is 10.7. The van der Waals surface area contributed by atoms with E-state index in [0.29, 0.717) is 11.6 Å². The van der Waals surface area contributed by atoms with Crippen LogP contribution in [-0.4, -0.2) is 30.0 Å². The lowest BCUT2D eigenvalue weighted by Gasteiger charge is -2.22. The molecule has 1 aromatic heterocycles. The summed E-state index contributed by atoms with van der Waals surface area (Å²) in [6.07, 6.45) is 0. The highest BCUT2D eigenvalue weighted by Gasteiger charge is 2.14. The minimum Gasteiger partial charge on any atom is -0.373 e. The number of nitro groups is 1. The van der Waals surface area contributed by atoms with Gasteiger partial charge in [-0.3, -0.25) is 10.1 Å². The molecule has 6 heteroatoms. The first kappa shape index (κ1) is 12.2. The van der Waals surface area contributed by atoms with Gasteiger partial charge in [0.25, 0.3) is 5.69 Å². The second-order valence-corrected chi connectivity index (χ2v) is 3.78. The van der Waals surface area contributed by atoms with Crippen molar-refractivity contribution in [2.24, 2.45) is 0 Å². The molecule has 0 radical (unpaired) electrons. The van der Waals surface area contributed by atoms with Gasteiger partial charge in [-0.25, -0.2) is 4.98 Å². The Morgan fingerprint density at radius 2 is 2.12 bits per heavy atom. The van der Waals surface area contributed by atoms with Crippen LogP contribution in [-0.2, 0) is 0 Å². The number of rotatable bonds is 4. The predicted molar refractivity (Wildman–Crippen MR) is 64.0 cm³/mol. The van der Waals surface area contributed by atoms with Gasteiger partial charge >= 0.3 is 0 Å². The van der Waals surface area contributed by atoms with Crippen LogP contribution >= 0.6 is 0 Å². The number of aromatic nitrogens is 1. The van der Waals surface area contributed by atoms with Gasteiger partial charge in [0.2, 0.25) is 0 Å². The largest absolute Gasteiger partial charge is 0.373 e. The fourth-order valence-corrected chi connectivity index (χ4v) is 1.18. The summed E-state index contributed by atoms with van der Waals surface area (Å²) in [6.45, 7) is 4.00. The average Bonchev–Trinajstić information content (AvgIpc) is 2.27. The third-order valence-electron chi connectivity index (χ3n) is 2.40. The van der Waals surface area contributed by atoms with E-state index in [1.54, 1.807) is 7.05 Å². The van der Waals surface area contributed by atoms with Crippen molar-refractivity contribution in [1.82, 2.24) is 4.98 Å². The van der Waals surface area contributed by atoms with Crippen molar-refractivity contribution in [2.45, 2.75) is 19.9 Å². The van der Waals surface area contributed by atoms with Crippen molar-refractivity contribution in [3.8, 4) is 0 Å². The van der Waals surface area contributed by atoms with Crippen molar-refractivity contribution in [3.05, 3.63) is 22.2 Å². The van der Waals surface area contributed by atoms with Gasteiger partial charge in [-0.2, -0.15) is 0 Å². The van der Waals surface area contributed by atoms with Gasteiger partial charge in [-0.15, -0.1) is 0 Å². The molecule has 16 heavy (non-hydrogen) atoms. The minimum atomic E-state index is -0.416. The second kappa shape index (κ2) is 4.78. The Kier molecular flexibility index (Phi) is 3.65. The quantitative estimate of drug-likeness (QED) is 0.624. The molecule has 1 rings (SSSR count). The molecule has 0 aromatic carbocycles. The topological polar surface area (TPSA) is 71.3 Å². The Balaban J connectivity index is 3.18. The third-order valence-corrected chi connectivity index (χ3v) is 2.40. The standard InChI is InChI=1S/C10H16N4O2/c1-7(2)13(4)10-6-8(14(15)16)5-9(11-3)12-10/h5-7H,1-4H3,(H,11,12). The van der Waals surface area contributed by atoms with Gasteiger partial charge in [0.1, 0.15) is 11.6 Å². The summed E-state index contributed by atoms with van der Waals surface area (Å²) in [6, 6.07) is 3.12.